The highest BCUT2D eigenvalue weighted by Crippen LogP contribution is 2.21. The van der Waals surface area contributed by atoms with Crippen molar-refractivity contribution in [3.63, 3.8) is 0 Å². The number of rotatable bonds is 2. The summed E-state index contributed by atoms with van der Waals surface area (Å²) in [7, 11) is 0. The first kappa shape index (κ1) is 11.7. The number of nitrogens with zero attached hydrogens (tertiary/aromatic N) is 2. The molecule has 88 valence electrons. The van der Waals surface area contributed by atoms with Gasteiger partial charge in [0.15, 0.2) is 0 Å². The molecule has 17 heavy (non-hydrogen) atoms. The number of benzene rings is 1. The first-order valence-electron chi connectivity index (χ1n) is 5.05. The van der Waals surface area contributed by atoms with Gasteiger partial charge in [-0.15, -0.1) is 0 Å². The standard InChI is InChI=1S/C12H11ClN2O2/c1-7-6-15(8(2)14-7)9-3-4-11(13)10(5-9)12(16)17/h3-6H,1-2H3,(H,16,17). The van der Waals surface area contributed by atoms with Crippen molar-refractivity contribution >= 4 is 17.6 Å². The van der Waals surface area contributed by atoms with Gasteiger partial charge in [-0.25, -0.2) is 9.78 Å². The Kier molecular flexibility index (Phi) is 2.90. The quantitative estimate of drug-likeness (QED) is 0.892. The largest absolute Gasteiger partial charge is 0.478 e. The minimum absolute atomic E-state index is 0.0925. The van der Waals surface area contributed by atoms with Gasteiger partial charge in [-0.3, -0.25) is 0 Å². The molecule has 1 heterocycles. The van der Waals surface area contributed by atoms with Crippen LogP contribution in [0.25, 0.3) is 5.69 Å². The van der Waals surface area contributed by atoms with Gasteiger partial charge in [-0.1, -0.05) is 11.6 Å². The minimum atomic E-state index is -1.04. The van der Waals surface area contributed by atoms with Crippen LogP contribution in [0.15, 0.2) is 24.4 Å². The van der Waals surface area contributed by atoms with E-state index in [0.717, 1.165) is 17.2 Å². The van der Waals surface area contributed by atoms with E-state index in [4.69, 9.17) is 16.7 Å². The van der Waals surface area contributed by atoms with Crippen LogP contribution in [-0.4, -0.2) is 20.6 Å². The third kappa shape index (κ3) is 2.17. The van der Waals surface area contributed by atoms with E-state index in [0.29, 0.717) is 0 Å². The third-order valence-electron chi connectivity index (χ3n) is 2.46. The number of imidazole rings is 1. The molecule has 0 aliphatic carbocycles. The highest BCUT2D eigenvalue weighted by atomic mass is 35.5. The average Bonchev–Trinajstić information content (AvgIpc) is 2.58. The molecule has 0 unspecified atom stereocenters. The molecule has 0 spiro atoms. The van der Waals surface area contributed by atoms with Crippen LogP contribution in [0.3, 0.4) is 0 Å². The summed E-state index contributed by atoms with van der Waals surface area (Å²) in [6.45, 7) is 3.75. The molecule has 0 amide bonds. The van der Waals surface area contributed by atoms with Gasteiger partial charge < -0.3 is 9.67 Å². The molecule has 0 fully saturated rings. The molecular weight excluding hydrogens is 240 g/mol. The van der Waals surface area contributed by atoms with E-state index in [9.17, 15) is 4.79 Å². The molecule has 0 saturated heterocycles. The smallest absolute Gasteiger partial charge is 0.337 e. The zero-order valence-electron chi connectivity index (χ0n) is 9.44. The van der Waals surface area contributed by atoms with E-state index in [1.165, 1.54) is 0 Å². The SMILES string of the molecule is Cc1cn(-c2ccc(Cl)c(C(=O)O)c2)c(C)n1. The molecule has 0 radical (unpaired) electrons. The van der Waals surface area contributed by atoms with Crippen LogP contribution in [0.2, 0.25) is 5.02 Å². The van der Waals surface area contributed by atoms with Crippen LogP contribution in [0.4, 0.5) is 0 Å². The topological polar surface area (TPSA) is 55.1 Å². The Morgan fingerprint density at radius 3 is 2.65 bits per heavy atom. The lowest BCUT2D eigenvalue weighted by Gasteiger charge is -2.07. The van der Waals surface area contributed by atoms with E-state index >= 15 is 0 Å². The van der Waals surface area contributed by atoms with Crippen molar-refractivity contribution in [2.45, 2.75) is 13.8 Å². The van der Waals surface area contributed by atoms with Crippen molar-refractivity contribution in [1.82, 2.24) is 9.55 Å². The predicted molar refractivity (Wildman–Crippen MR) is 65.0 cm³/mol. The number of carboxylic acid groups (broad SMARTS) is 1. The fraction of sp³-hybridized carbons (Fsp3) is 0.167. The second-order valence-corrected chi connectivity index (χ2v) is 4.18. The lowest BCUT2D eigenvalue weighted by atomic mass is 10.2. The summed E-state index contributed by atoms with van der Waals surface area (Å²) < 4.78 is 1.83. The fourth-order valence-electron chi connectivity index (χ4n) is 1.71. The molecule has 0 aliphatic heterocycles. The molecule has 0 bridgehead atoms. The van der Waals surface area contributed by atoms with Crippen LogP contribution < -0.4 is 0 Å². The Hall–Kier alpha value is -1.81. The van der Waals surface area contributed by atoms with Crippen molar-refractivity contribution in [2.75, 3.05) is 0 Å². The van der Waals surface area contributed by atoms with Gasteiger partial charge >= 0.3 is 5.97 Å². The molecule has 0 saturated carbocycles. The van der Waals surface area contributed by atoms with Crippen molar-refractivity contribution in [1.29, 1.82) is 0 Å². The molecule has 1 aromatic carbocycles. The maximum Gasteiger partial charge on any atom is 0.337 e. The highest BCUT2D eigenvalue weighted by molar-refractivity contribution is 6.33. The zero-order valence-corrected chi connectivity index (χ0v) is 10.2. The van der Waals surface area contributed by atoms with E-state index in [2.05, 4.69) is 4.98 Å². The molecule has 4 nitrogen and oxygen atoms in total. The molecule has 5 heteroatoms. The maximum atomic E-state index is 11.0. The Bertz CT molecular complexity index is 590. The number of hydrogen-bond acceptors (Lipinski definition) is 2. The van der Waals surface area contributed by atoms with Crippen LogP contribution in [0, 0.1) is 13.8 Å². The van der Waals surface area contributed by atoms with Gasteiger partial charge in [-0.05, 0) is 32.0 Å². The van der Waals surface area contributed by atoms with Gasteiger partial charge in [0.25, 0.3) is 0 Å². The summed E-state index contributed by atoms with van der Waals surface area (Å²) in [5.41, 5.74) is 1.72. The van der Waals surface area contributed by atoms with Crippen molar-refractivity contribution in [3.05, 3.63) is 46.5 Å². The summed E-state index contributed by atoms with van der Waals surface area (Å²) in [5, 5.41) is 9.23. The molecule has 2 rings (SSSR count). The number of aromatic carboxylic acids is 1. The Labute approximate surface area is 103 Å². The maximum absolute atomic E-state index is 11.0. The van der Waals surface area contributed by atoms with Crippen LogP contribution in [0.5, 0.6) is 0 Å². The summed E-state index contributed by atoms with van der Waals surface area (Å²) in [5.74, 6) is -0.229. The van der Waals surface area contributed by atoms with Crippen LogP contribution in [0.1, 0.15) is 21.9 Å². The first-order chi connectivity index (χ1) is 7.99. The van der Waals surface area contributed by atoms with E-state index in [-0.39, 0.29) is 10.6 Å². The molecule has 1 N–H and O–H groups in total. The van der Waals surface area contributed by atoms with Crippen LogP contribution in [-0.2, 0) is 0 Å². The van der Waals surface area contributed by atoms with Gasteiger partial charge in [-0.2, -0.15) is 0 Å². The normalized spacial score (nSPS) is 10.5. The molecule has 0 atom stereocenters. The molecule has 1 aromatic heterocycles. The summed E-state index contributed by atoms with van der Waals surface area (Å²) in [6.07, 6.45) is 1.85. The lowest BCUT2D eigenvalue weighted by Crippen LogP contribution is -2.01. The number of aryl methyl sites for hydroxylation is 2. The summed E-state index contributed by atoms with van der Waals surface area (Å²) in [6, 6.07) is 4.89. The number of aromatic nitrogens is 2. The molecular formula is C12H11ClN2O2. The lowest BCUT2D eigenvalue weighted by molar-refractivity contribution is 0.0697. The molecule has 0 aliphatic rings. The van der Waals surface area contributed by atoms with Gasteiger partial charge in [0, 0.05) is 11.9 Å². The Morgan fingerprint density at radius 2 is 2.12 bits per heavy atom. The number of carboxylic acids is 1. The Balaban J connectivity index is 2.57. The minimum Gasteiger partial charge on any atom is -0.478 e. The van der Waals surface area contributed by atoms with E-state index < -0.39 is 5.97 Å². The number of hydrogen-bond donors (Lipinski definition) is 1. The monoisotopic (exact) mass is 250 g/mol. The Morgan fingerprint density at radius 1 is 1.41 bits per heavy atom. The second-order valence-electron chi connectivity index (χ2n) is 3.77. The van der Waals surface area contributed by atoms with Crippen molar-refractivity contribution in [2.24, 2.45) is 0 Å². The number of halogens is 1. The van der Waals surface area contributed by atoms with Gasteiger partial charge in [0.1, 0.15) is 5.82 Å². The third-order valence-corrected chi connectivity index (χ3v) is 2.79. The summed E-state index contributed by atoms with van der Waals surface area (Å²) in [4.78, 5) is 15.3. The first-order valence-corrected chi connectivity index (χ1v) is 5.42. The average molecular weight is 251 g/mol. The number of carbonyl (C=O) groups is 1. The van der Waals surface area contributed by atoms with E-state index in [1.807, 2.05) is 24.6 Å². The van der Waals surface area contributed by atoms with Gasteiger partial charge in [0.2, 0.25) is 0 Å². The van der Waals surface area contributed by atoms with Crippen LogP contribution >= 0.6 is 11.6 Å². The van der Waals surface area contributed by atoms with E-state index in [1.54, 1.807) is 18.2 Å². The fourth-order valence-corrected chi connectivity index (χ4v) is 1.90. The second kappa shape index (κ2) is 4.22. The highest BCUT2D eigenvalue weighted by Gasteiger charge is 2.11. The zero-order chi connectivity index (χ0) is 12.6. The van der Waals surface area contributed by atoms with Crippen molar-refractivity contribution < 1.29 is 9.90 Å². The van der Waals surface area contributed by atoms with Gasteiger partial charge in [0.05, 0.1) is 16.3 Å². The predicted octanol–water partition coefficient (Wildman–Crippen LogP) is 2.84. The van der Waals surface area contributed by atoms with Crippen molar-refractivity contribution in [3.8, 4) is 5.69 Å². The molecule has 2 aromatic rings. The summed E-state index contributed by atoms with van der Waals surface area (Å²) >= 11 is 5.82.